The number of pyridine rings is 1. The normalized spacial score (nSPS) is 11.9. The van der Waals surface area contributed by atoms with Crippen LogP contribution in [0.3, 0.4) is 0 Å². The molecule has 0 atom stereocenters. The van der Waals surface area contributed by atoms with Crippen LogP contribution in [0.5, 0.6) is 0 Å². The maximum Gasteiger partial charge on any atom is 0.461 e. The summed E-state index contributed by atoms with van der Waals surface area (Å²) < 4.78 is 68.0. The van der Waals surface area contributed by atoms with E-state index in [1.165, 1.54) is 37.5 Å². The molecule has 11 nitrogen and oxygen atoms in total. The van der Waals surface area contributed by atoms with E-state index in [1.807, 2.05) is 0 Å². The second kappa shape index (κ2) is 10.8. The molecule has 0 fully saturated rings. The van der Waals surface area contributed by atoms with Gasteiger partial charge in [-0.05, 0) is 53.2 Å². The predicted molar refractivity (Wildman–Crippen MR) is 131 cm³/mol. The van der Waals surface area contributed by atoms with Crippen LogP contribution in [0.25, 0.3) is 5.82 Å². The second-order valence-corrected chi connectivity index (χ2v) is 9.00. The highest BCUT2D eigenvalue weighted by atomic mass is 35.5. The number of aryl methyl sites for hydroxylation is 1. The minimum Gasteiger partial charge on any atom is -0.355 e. The molecule has 40 heavy (non-hydrogen) atoms. The van der Waals surface area contributed by atoms with Crippen molar-refractivity contribution in [1.82, 2.24) is 40.3 Å². The molecule has 0 aliphatic carbocycles. The Morgan fingerprint density at radius 1 is 1.07 bits per heavy atom. The number of carbonyl (C=O) groups excluding carboxylic acids is 2. The van der Waals surface area contributed by atoms with E-state index < -0.39 is 36.3 Å². The molecular formula is C22H16Cl2F5N9O2. The van der Waals surface area contributed by atoms with Gasteiger partial charge in [0, 0.05) is 18.3 Å². The van der Waals surface area contributed by atoms with Crippen molar-refractivity contribution in [2.45, 2.75) is 25.6 Å². The van der Waals surface area contributed by atoms with Crippen molar-refractivity contribution >= 4 is 40.7 Å². The maximum atomic E-state index is 14.0. The summed E-state index contributed by atoms with van der Waals surface area (Å²) in [5, 5.41) is 18.4. The van der Waals surface area contributed by atoms with Gasteiger partial charge >= 0.3 is 12.1 Å². The maximum absolute atomic E-state index is 14.0. The van der Waals surface area contributed by atoms with Crippen LogP contribution in [-0.2, 0) is 12.5 Å². The van der Waals surface area contributed by atoms with Crippen LogP contribution in [0, 0.1) is 6.92 Å². The number of benzene rings is 1. The zero-order valence-electron chi connectivity index (χ0n) is 20.3. The Hall–Kier alpha value is -4.18. The molecule has 3 heterocycles. The molecule has 1 aromatic carbocycles. The van der Waals surface area contributed by atoms with Gasteiger partial charge in [-0.2, -0.15) is 27.1 Å². The fourth-order valence-electron chi connectivity index (χ4n) is 3.58. The lowest BCUT2D eigenvalue weighted by atomic mass is 10.1. The summed E-state index contributed by atoms with van der Waals surface area (Å²) in [4.78, 5) is 30.0. The van der Waals surface area contributed by atoms with Crippen LogP contribution in [0.1, 0.15) is 37.9 Å². The Morgan fingerprint density at radius 2 is 1.80 bits per heavy atom. The van der Waals surface area contributed by atoms with Crippen molar-refractivity contribution in [2.24, 2.45) is 0 Å². The molecular weight excluding hydrogens is 588 g/mol. The average Bonchev–Trinajstić information content (AvgIpc) is 3.52. The second-order valence-electron chi connectivity index (χ2n) is 8.15. The average molecular weight is 604 g/mol. The molecule has 2 N–H and O–H groups in total. The van der Waals surface area contributed by atoms with E-state index in [0.29, 0.717) is 5.56 Å². The van der Waals surface area contributed by atoms with Crippen molar-refractivity contribution in [2.75, 3.05) is 12.4 Å². The standard InChI is InChI=1S/C22H16Cl2F5N9O2/c1-10-6-11(23)7-13(18(39)30-2)16(10)32-19(40)15-8-12(34-38(15)17-14(24)4-3-5-31-17)9-37-20(33-35-36-37)21(25,26)22(27,28)29/h3-8H,9H2,1-2H3,(H,30,39)(H,32,40). The molecule has 210 valence electrons. The summed E-state index contributed by atoms with van der Waals surface area (Å²) in [5.74, 6) is -8.61. The fourth-order valence-corrected chi connectivity index (χ4v) is 4.05. The van der Waals surface area contributed by atoms with E-state index in [-0.39, 0.29) is 43.2 Å². The van der Waals surface area contributed by atoms with E-state index in [1.54, 1.807) is 6.92 Å². The minimum absolute atomic E-state index is 0.0339. The van der Waals surface area contributed by atoms with Crippen molar-refractivity contribution in [3.05, 3.63) is 74.9 Å². The zero-order valence-corrected chi connectivity index (χ0v) is 21.8. The number of tetrazole rings is 1. The summed E-state index contributed by atoms with van der Waals surface area (Å²) >= 11 is 12.3. The number of alkyl halides is 5. The summed E-state index contributed by atoms with van der Waals surface area (Å²) in [7, 11) is 1.38. The number of nitrogens with one attached hydrogen (secondary N) is 2. The van der Waals surface area contributed by atoms with Crippen LogP contribution in [-0.4, -0.2) is 60.0 Å². The zero-order chi connectivity index (χ0) is 29.4. The van der Waals surface area contributed by atoms with E-state index in [4.69, 9.17) is 23.2 Å². The highest BCUT2D eigenvalue weighted by molar-refractivity contribution is 6.32. The number of halogens is 7. The van der Waals surface area contributed by atoms with Crippen molar-refractivity contribution in [3.8, 4) is 5.82 Å². The predicted octanol–water partition coefficient (Wildman–Crippen LogP) is 4.18. The Labute approximate surface area is 231 Å². The first-order valence-corrected chi connectivity index (χ1v) is 11.7. The van der Waals surface area contributed by atoms with E-state index in [2.05, 4.69) is 36.2 Å². The smallest absolute Gasteiger partial charge is 0.355 e. The number of hydrogen-bond acceptors (Lipinski definition) is 7. The van der Waals surface area contributed by atoms with Gasteiger partial charge in [0.1, 0.15) is 5.69 Å². The first kappa shape index (κ1) is 28.8. The Balaban J connectivity index is 1.79. The van der Waals surface area contributed by atoms with Gasteiger partial charge in [-0.25, -0.2) is 14.3 Å². The van der Waals surface area contributed by atoms with Crippen LogP contribution in [0.2, 0.25) is 10.0 Å². The largest absolute Gasteiger partial charge is 0.461 e. The summed E-state index contributed by atoms with van der Waals surface area (Å²) in [6.45, 7) is 0.807. The molecule has 18 heteroatoms. The monoisotopic (exact) mass is 603 g/mol. The van der Waals surface area contributed by atoms with Crippen LogP contribution in [0.4, 0.5) is 27.6 Å². The van der Waals surface area contributed by atoms with E-state index in [0.717, 1.165) is 10.7 Å². The number of amides is 2. The van der Waals surface area contributed by atoms with Gasteiger partial charge in [-0.3, -0.25) is 9.59 Å². The molecule has 0 saturated carbocycles. The molecule has 0 aliphatic heterocycles. The van der Waals surface area contributed by atoms with Gasteiger partial charge in [-0.1, -0.05) is 23.2 Å². The van der Waals surface area contributed by atoms with Crippen LogP contribution < -0.4 is 10.6 Å². The van der Waals surface area contributed by atoms with Crippen molar-refractivity contribution in [1.29, 1.82) is 0 Å². The topological polar surface area (TPSA) is 133 Å². The van der Waals surface area contributed by atoms with Gasteiger partial charge in [0.2, 0.25) is 5.82 Å². The number of aromatic nitrogens is 7. The first-order valence-electron chi connectivity index (χ1n) is 11.0. The van der Waals surface area contributed by atoms with Gasteiger partial charge in [0.05, 0.1) is 28.5 Å². The Morgan fingerprint density at radius 3 is 2.45 bits per heavy atom. The summed E-state index contributed by atoms with van der Waals surface area (Å²) in [5.41, 5.74) is 0.107. The Bertz CT molecular complexity index is 1600. The molecule has 4 rings (SSSR count). The third-order valence-corrected chi connectivity index (χ3v) is 5.94. The van der Waals surface area contributed by atoms with E-state index in [9.17, 15) is 31.5 Å². The molecule has 0 saturated heterocycles. The van der Waals surface area contributed by atoms with Crippen LogP contribution in [0.15, 0.2) is 36.5 Å². The first-order chi connectivity index (χ1) is 18.7. The molecule has 3 aromatic heterocycles. The van der Waals surface area contributed by atoms with E-state index >= 15 is 0 Å². The lowest BCUT2D eigenvalue weighted by molar-refractivity contribution is -0.293. The van der Waals surface area contributed by atoms with Gasteiger partial charge in [0.25, 0.3) is 11.8 Å². The Kier molecular flexibility index (Phi) is 7.76. The molecule has 0 unspecified atom stereocenters. The minimum atomic E-state index is -5.97. The molecule has 0 radical (unpaired) electrons. The lowest BCUT2D eigenvalue weighted by Gasteiger charge is -2.18. The molecule has 0 bridgehead atoms. The third kappa shape index (κ3) is 5.44. The SMILES string of the molecule is CNC(=O)c1cc(Cl)cc(C)c1NC(=O)c1cc(Cn2nnnc2C(F)(F)C(F)(F)F)nn1-c1ncccc1Cl. The molecule has 0 aliphatic rings. The highest BCUT2D eigenvalue weighted by Crippen LogP contribution is 2.42. The van der Waals surface area contributed by atoms with Crippen molar-refractivity contribution in [3.63, 3.8) is 0 Å². The summed E-state index contributed by atoms with van der Waals surface area (Å²) in [6, 6.07) is 6.87. The number of carbonyl (C=O) groups is 2. The number of anilines is 1. The number of nitrogens with zero attached hydrogens (tertiary/aromatic N) is 7. The molecule has 4 aromatic rings. The lowest BCUT2D eigenvalue weighted by Crippen LogP contribution is -2.36. The van der Waals surface area contributed by atoms with Gasteiger partial charge in [0.15, 0.2) is 5.82 Å². The van der Waals surface area contributed by atoms with Gasteiger partial charge < -0.3 is 10.6 Å². The number of rotatable bonds is 7. The van der Waals surface area contributed by atoms with Gasteiger partial charge in [-0.15, -0.1) is 5.10 Å². The fraction of sp³-hybridized carbons (Fsp3) is 0.227. The quantitative estimate of drug-likeness (QED) is 0.303. The summed E-state index contributed by atoms with van der Waals surface area (Å²) in [6.07, 6.45) is -4.63. The number of hydrogen-bond donors (Lipinski definition) is 2. The molecule has 0 spiro atoms. The third-order valence-electron chi connectivity index (χ3n) is 5.42. The molecule has 2 amide bonds. The highest BCUT2D eigenvalue weighted by Gasteiger charge is 2.62. The van der Waals surface area contributed by atoms with Crippen LogP contribution >= 0.6 is 23.2 Å². The van der Waals surface area contributed by atoms with Crippen molar-refractivity contribution < 1.29 is 31.5 Å².